The number of hydrogen-bond acceptors (Lipinski definition) is 8. The van der Waals surface area contributed by atoms with Crippen LogP contribution in [0.5, 0.6) is 0 Å². The van der Waals surface area contributed by atoms with Crippen molar-refractivity contribution in [1.82, 2.24) is 14.7 Å². The molecule has 0 aliphatic carbocycles. The summed E-state index contributed by atoms with van der Waals surface area (Å²) in [6.07, 6.45) is -4.02. The van der Waals surface area contributed by atoms with Crippen LogP contribution in [0.25, 0.3) is 0 Å². The lowest BCUT2D eigenvalue weighted by Crippen LogP contribution is -2.42. The third-order valence-electron chi connectivity index (χ3n) is 6.77. The lowest BCUT2D eigenvalue weighted by molar-refractivity contribution is -0.173. The lowest BCUT2D eigenvalue weighted by Gasteiger charge is -2.31. The summed E-state index contributed by atoms with van der Waals surface area (Å²) in [6, 6.07) is -0.533. The molecule has 0 spiro atoms. The van der Waals surface area contributed by atoms with Gasteiger partial charge >= 0.3 is 24.1 Å². The van der Waals surface area contributed by atoms with Gasteiger partial charge in [-0.05, 0) is 39.0 Å². The zero-order valence-corrected chi connectivity index (χ0v) is 21.1. The molecule has 5 N–H and O–H groups in total. The van der Waals surface area contributed by atoms with Crippen LogP contribution in [-0.4, -0.2) is 96.0 Å². The predicted octanol–water partition coefficient (Wildman–Crippen LogP) is 1.78. The number of carboxylic acids is 3. The van der Waals surface area contributed by atoms with Gasteiger partial charge in [-0.1, -0.05) is 0 Å². The van der Waals surface area contributed by atoms with Crippen LogP contribution in [0.15, 0.2) is 6.07 Å². The van der Waals surface area contributed by atoms with Crippen LogP contribution in [0, 0.1) is 0 Å². The largest absolute Gasteiger partial charge is 0.481 e. The maximum Gasteiger partial charge on any atom is 0.410 e. The SMILES string of the molecule is C[C@@H]1C[C@H](C(F)(F)F)n2nc(C3CCCN3C(=O)C3CCCO3)cc2N1.O=C(O)CC(O)(CC(=O)O)C(=O)O. The van der Waals surface area contributed by atoms with Crippen molar-refractivity contribution < 1.29 is 57.5 Å². The van der Waals surface area contributed by atoms with Crippen LogP contribution in [0.3, 0.4) is 0 Å². The Morgan fingerprint density at radius 1 is 1.10 bits per heavy atom. The summed E-state index contributed by atoms with van der Waals surface area (Å²) in [4.78, 5) is 44.9. The van der Waals surface area contributed by atoms with E-state index in [0.717, 1.165) is 17.5 Å². The predicted molar refractivity (Wildman–Crippen MR) is 125 cm³/mol. The molecule has 3 aliphatic heterocycles. The minimum Gasteiger partial charge on any atom is -0.481 e. The van der Waals surface area contributed by atoms with Gasteiger partial charge in [-0.3, -0.25) is 14.4 Å². The van der Waals surface area contributed by atoms with Gasteiger partial charge in [0.15, 0.2) is 11.6 Å². The van der Waals surface area contributed by atoms with E-state index in [1.54, 1.807) is 17.9 Å². The maximum absolute atomic E-state index is 13.4. The Morgan fingerprint density at radius 3 is 2.26 bits per heavy atom. The standard InChI is InChI=1S/C17H23F3N4O2.C6H8O7/c1-10-8-14(17(18,19)20)24-15(21-10)9-11(22-24)12-4-2-6-23(12)16(25)13-5-3-7-26-13;7-3(8)1-6(13,5(11)12)2-4(9)10/h9-10,12-14,21H,2-8H2,1H3;13H,1-2H2,(H,7,8)(H,9,10)(H,11,12)/t10-,12?,13?,14-;/m1./s1. The highest BCUT2D eigenvalue weighted by Crippen LogP contribution is 2.41. The van der Waals surface area contributed by atoms with E-state index in [2.05, 4.69) is 10.4 Å². The van der Waals surface area contributed by atoms with Crippen LogP contribution in [0.1, 0.15) is 69.6 Å². The summed E-state index contributed by atoms with van der Waals surface area (Å²) < 4.78 is 46.8. The number of aromatic nitrogens is 2. The van der Waals surface area contributed by atoms with E-state index in [0.29, 0.717) is 37.5 Å². The smallest absolute Gasteiger partial charge is 0.410 e. The average Bonchev–Trinajstić information content (AvgIpc) is 3.56. The van der Waals surface area contributed by atoms with Crippen molar-refractivity contribution in [3.05, 3.63) is 11.8 Å². The topological polar surface area (TPSA) is 192 Å². The average molecular weight is 565 g/mol. The first kappa shape index (κ1) is 30.1. The van der Waals surface area contributed by atoms with Crippen molar-refractivity contribution in [3.63, 3.8) is 0 Å². The molecule has 4 heterocycles. The summed E-state index contributed by atoms with van der Waals surface area (Å²) in [6.45, 7) is 2.92. The van der Waals surface area contributed by atoms with Crippen molar-refractivity contribution in [2.45, 2.75) is 87.9 Å². The quantitative estimate of drug-likeness (QED) is 0.324. The van der Waals surface area contributed by atoms with Gasteiger partial charge in [0.05, 0.1) is 24.6 Å². The number of fused-ring (bicyclic) bond motifs is 1. The normalized spacial score (nSPS) is 24.8. The van der Waals surface area contributed by atoms with Gasteiger partial charge in [-0.25, -0.2) is 9.48 Å². The Bertz CT molecular complexity index is 1070. The second kappa shape index (κ2) is 11.8. The number of carbonyl (C=O) groups excluding carboxylic acids is 1. The van der Waals surface area contributed by atoms with Crippen LogP contribution in [-0.2, 0) is 23.9 Å². The van der Waals surface area contributed by atoms with E-state index in [9.17, 15) is 32.3 Å². The number of rotatable bonds is 7. The second-order valence-electron chi connectivity index (χ2n) is 9.91. The summed E-state index contributed by atoms with van der Waals surface area (Å²) in [5, 5.41) is 41.2. The number of anilines is 1. The Morgan fingerprint density at radius 2 is 1.74 bits per heavy atom. The lowest BCUT2D eigenvalue weighted by atomic mass is 9.96. The second-order valence-corrected chi connectivity index (χ2v) is 9.91. The molecular weight excluding hydrogens is 533 g/mol. The first-order chi connectivity index (χ1) is 18.1. The van der Waals surface area contributed by atoms with E-state index >= 15 is 0 Å². The molecular formula is C23H31F3N4O9. The summed E-state index contributed by atoms with van der Waals surface area (Å²) >= 11 is 0. The number of amides is 1. The fourth-order valence-electron chi connectivity index (χ4n) is 4.95. The highest BCUT2D eigenvalue weighted by Gasteiger charge is 2.46. The van der Waals surface area contributed by atoms with Crippen molar-refractivity contribution in [2.24, 2.45) is 0 Å². The van der Waals surface area contributed by atoms with E-state index in [1.807, 2.05) is 0 Å². The number of nitrogens with one attached hydrogen (secondary N) is 1. The van der Waals surface area contributed by atoms with E-state index in [-0.39, 0.29) is 24.4 Å². The van der Waals surface area contributed by atoms with Gasteiger partial charge in [0.25, 0.3) is 5.91 Å². The maximum atomic E-state index is 13.4. The molecule has 2 saturated heterocycles. The molecule has 16 heteroatoms. The molecule has 13 nitrogen and oxygen atoms in total. The molecule has 4 rings (SSSR count). The molecule has 3 aliphatic rings. The van der Waals surface area contributed by atoms with Crippen LogP contribution in [0.4, 0.5) is 19.0 Å². The minimum absolute atomic E-state index is 0.0547. The number of aliphatic hydroxyl groups is 1. The summed E-state index contributed by atoms with van der Waals surface area (Å²) in [5.41, 5.74) is -2.21. The number of nitrogens with zero attached hydrogens (tertiary/aromatic N) is 3. The van der Waals surface area contributed by atoms with Crippen LogP contribution in [0.2, 0.25) is 0 Å². The van der Waals surface area contributed by atoms with Crippen molar-refractivity contribution in [1.29, 1.82) is 0 Å². The molecule has 1 aromatic rings. The van der Waals surface area contributed by atoms with Gasteiger partial charge in [-0.2, -0.15) is 18.3 Å². The molecule has 2 fully saturated rings. The first-order valence-corrected chi connectivity index (χ1v) is 12.4. The molecule has 0 bridgehead atoms. The molecule has 39 heavy (non-hydrogen) atoms. The molecule has 0 aromatic carbocycles. The van der Waals surface area contributed by atoms with E-state index in [1.165, 1.54) is 0 Å². The van der Waals surface area contributed by atoms with Crippen LogP contribution < -0.4 is 5.32 Å². The molecule has 218 valence electrons. The van der Waals surface area contributed by atoms with Crippen molar-refractivity contribution in [2.75, 3.05) is 18.5 Å². The molecule has 4 atom stereocenters. The molecule has 0 saturated carbocycles. The highest BCUT2D eigenvalue weighted by atomic mass is 19.4. The van der Waals surface area contributed by atoms with Gasteiger partial charge in [0.2, 0.25) is 0 Å². The molecule has 0 radical (unpaired) electrons. The Kier molecular flexibility index (Phi) is 9.10. The van der Waals surface area contributed by atoms with Gasteiger partial charge < -0.3 is 35.4 Å². The fraction of sp³-hybridized carbons (Fsp3) is 0.696. The number of carbonyl (C=O) groups is 4. The summed E-state index contributed by atoms with van der Waals surface area (Å²) in [7, 11) is 0. The minimum atomic E-state index is -4.35. The van der Waals surface area contributed by atoms with Gasteiger partial charge in [-0.15, -0.1) is 0 Å². The fourth-order valence-corrected chi connectivity index (χ4v) is 4.95. The van der Waals surface area contributed by atoms with Crippen molar-refractivity contribution in [3.8, 4) is 0 Å². The zero-order chi connectivity index (χ0) is 29.1. The van der Waals surface area contributed by atoms with Crippen molar-refractivity contribution >= 4 is 29.6 Å². The van der Waals surface area contributed by atoms with Gasteiger partial charge in [0, 0.05) is 25.3 Å². The first-order valence-electron chi connectivity index (χ1n) is 12.4. The number of likely N-dealkylation sites (tertiary alicyclic amines) is 1. The highest BCUT2D eigenvalue weighted by molar-refractivity contribution is 5.88. The Hall–Kier alpha value is -3.40. The molecule has 1 aromatic heterocycles. The number of aliphatic carboxylic acids is 3. The number of hydrogen-bond donors (Lipinski definition) is 5. The Balaban J connectivity index is 0.000000276. The van der Waals surface area contributed by atoms with Gasteiger partial charge in [0.1, 0.15) is 11.9 Å². The number of halogens is 3. The third-order valence-corrected chi connectivity index (χ3v) is 6.77. The van der Waals surface area contributed by atoms with E-state index in [4.69, 9.17) is 25.2 Å². The summed E-state index contributed by atoms with van der Waals surface area (Å²) in [5.74, 6) is -4.71. The van der Waals surface area contributed by atoms with E-state index < -0.39 is 54.7 Å². The number of ether oxygens (including phenoxy) is 1. The molecule has 1 amide bonds. The number of alkyl halides is 3. The van der Waals surface area contributed by atoms with Crippen LogP contribution >= 0.6 is 0 Å². The Labute approximate surface area is 220 Å². The third kappa shape index (κ3) is 7.17. The molecule has 2 unspecified atom stereocenters. The number of carboxylic acid groups (broad SMARTS) is 3. The zero-order valence-electron chi connectivity index (χ0n) is 21.1. The monoisotopic (exact) mass is 564 g/mol.